The molecule has 1 aliphatic rings. The average Bonchev–Trinajstić information content (AvgIpc) is 2.69. The van der Waals surface area contributed by atoms with Crippen LogP contribution in [0.1, 0.15) is 43.5 Å². The number of rotatable bonds is 4. The van der Waals surface area contributed by atoms with Gasteiger partial charge < -0.3 is 5.11 Å². The van der Waals surface area contributed by atoms with Gasteiger partial charge in [-0.3, -0.25) is 9.59 Å². The number of carboxylic acid groups (broad SMARTS) is 1. The molecule has 6 heteroatoms. The molecule has 1 heterocycles. The first kappa shape index (κ1) is 15.5. The lowest BCUT2D eigenvalue weighted by molar-refractivity contribution is -0.126. The summed E-state index contributed by atoms with van der Waals surface area (Å²) in [5, 5.41) is 9.23. The molecular formula is C15H16ClNO4. The number of hydrogen-bond acceptors (Lipinski definition) is 3. The highest BCUT2D eigenvalue weighted by Crippen LogP contribution is 2.41. The molecule has 0 unspecified atom stereocenters. The maximum Gasteiger partial charge on any atom is 0.335 e. The smallest absolute Gasteiger partial charge is 0.335 e. The van der Waals surface area contributed by atoms with Crippen LogP contribution in [0.4, 0.5) is 5.69 Å². The Labute approximate surface area is 127 Å². The molecular weight excluding hydrogens is 294 g/mol. The van der Waals surface area contributed by atoms with Crippen molar-refractivity contribution < 1.29 is 19.5 Å². The van der Waals surface area contributed by atoms with Crippen LogP contribution in [-0.4, -0.2) is 22.9 Å². The number of hydrogen-bond donors (Lipinski definition) is 1. The van der Waals surface area contributed by atoms with Crippen LogP contribution in [0.2, 0.25) is 5.02 Å². The average molecular weight is 310 g/mol. The molecule has 1 aromatic rings. The maximum absolute atomic E-state index is 12.6. The molecule has 0 atom stereocenters. The van der Waals surface area contributed by atoms with Gasteiger partial charge in [-0.2, -0.15) is 0 Å². The van der Waals surface area contributed by atoms with E-state index in [1.807, 2.05) is 13.8 Å². The Bertz CT molecular complexity index is 622. The Balaban J connectivity index is 2.50. The molecule has 21 heavy (non-hydrogen) atoms. The van der Waals surface area contributed by atoms with Gasteiger partial charge in [0, 0.05) is 11.4 Å². The highest BCUT2D eigenvalue weighted by molar-refractivity contribution is 6.32. The number of nitrogens with zero attached hydrogens (tertiary/aromatic N) is 1. The van der Waals surface area contributed by atoms with Gasteiger partial charge in [-0.05, 0) is 31.0 Å². The van der Waals surface area contributed by atoms with Crippen molar-refractivity contribution in [3.8, 4) is 0 Å². The van der Waals surface area contributed by atoms with Crippen LogP contribution in [0.25, 0.3) is 0 Å². The van der Waals surface area contributed by atoms with Crippen LogP contribution < -0.4 is 4.90 Å². The topological polar surface area (TPSA) is 74.7 Å². The summed E-state index contributed by atoms with van der Waals surface area (Å²) >= 11 is 5.89. The fourth-order valence-corrected chi connectivity index (χ4v) is 2.91. The van der Waals surface area contributed by atoms with E-state index in [9.17, 15) is 14.4 Å². The number of benzene rings is 1. The number of carbonyl (C=O) groups excluding carboxylic acids is 2. The summed E-state index contributed by atoms with van der Waals surface area (Å²) in [6, 6.07) is 4.02. The van der Waals surface area contributed by atoms with E-state index in [4.69, 9.17) is 16.7 Å². The molecule has 112 valence electrons. The van der Waals surface area contributed by atoms with Crippen molar-refractivity contribution >= 4 is 35.1 Å². The van der Waals surface area contributed by atoms with E-state index in [0.717, 1.165) is 4.90 Å². The zero-order chi connectivity index (χ0) is 15.8. The van der Waals surface area contributed by atoms with Crippen LogP contribution in [0, 0.1) is 5.41 Å². The van der Waals surface area contributed by atoms with Gasteiger partial charge in [-0.1, -0.05) is 25.4 Å². The van der Waals surface area contributed by atoms with Crippen LogP contribution in [0.3, 0.4) is 0 Å². The summed E-state index contributed by atoms with van der Waals surface area (Å²) in [5.74, 6) is -1.76. The Morgan fingerprint density at radius 2 is 1.90 bits per heavy atom. The minimum Gasteiger partial charge on any atom is -0.478 e. The van der Waals surface area contributed by atoms with Gasteiger partial charge in [0.05, 0.1) is 16.7 Å². The lowest BCUT2D eigenvalue weighted by Crippen LogP contribution is -2.35. The van der Waals surface area contributed by atoms with Crippen LogP contribution in [0.15, 0.2) is 18.2 Å². The highest BCUT2D eigenvalue weighted by Gasteiger charge is 2.49. The van der Waals surface area contributed by atoms with E-state index in [1.54, 1.807) is 0 Å². The SMILES string of the molecule is CCC1(CC)CC(=O)N(c2cc(Cl)cc(C(=O)O)c2)C1=O. The van der Waals surface area contributed by atoms with E-state index < -0.39 is 11.4 Å². The zero-order valence-electron chi connectivity index (χ0n) is 11.9. The van der Waals surface area contributed by atoms with E-state index >= 15 is 0 Å². The van der Waals surface area contributed by atoms with Crippen LogP contribution >= 0.6 is 11.6 Å². The summed E-state index contributed by atoms with van der Waals surface area (Å²) in [4.78, 5) is 37.0. The van der Waals surface area contributed by atoms with Crippen molar-refractivity contribution in [1.82, 2.24) is 0 Å². The molecule has 2 rings (SSSR count). The van der Waals surface area contributed by atoms with Crippen molar-refractivity contribution in [2.45, 2.75) is 33.1 Å². The molecule has 0 radical (unpaired) electrons. The number of imide groups is 1. The second-order valence-electron chi connectivity index (χ2n) is 5.20. The van der Waals surface area contributed by atoms with Gasteiger partial charge in [0.15, 0.2) is 0 Å². The fourth-order valence-electron chi connectivity index (χ4n) is 2.69. The van der Waals surface area contributed by atoms with Gasteiger partial charge >= 0.3 is 5.97 Å². The van der Waals surface area contributed by atoms with Crippen LogP contribution in [0.5, 0.6) is 0 Å². The number of carboxylic acids is 1. The van der Waals surface area contributed by atoms with Crippen molar-refractivity contribution in [2.24, 2.45) is 5.41 Å². The molecule has 1 fully saturated rings. The lowest BCUT2D eigenvalue weighted by atomic mass is 9.81. The van der Waals surface area contributed by atoms with E-state index in [-0.39, 0.29) is 34.5 Å². The van der Waals surface area contributed by atoms with Gasteiger partial charge in [0.1, 0.15) is 0 Å². The second-order valence-corrected chi connectivity index (χ2v) is 5.64. The standard InChI is InChI=1S/C15H16ClNO4/c1-3-15(4-2)8-12(18)17(14(15)21)11-6-9(13(19)20)5-10(16)7-11/h5-7H,3-4,8H2,1-2H3,(H,19,20). The third-order valence-corrected chi connectivity index (χ3v) is 4.36. The first-order chi connectivity index (χ1) is 9.84. The lowest BCUT2D eigenvalue weighted by Gasteiger charge is -2.23. The summed E-state index contributed by atoms with van der Waals surface area (Å²) in [5.41, 5.74) is -0.523. The number of halogens is 1. The minimum absolute atomic E-state index is 0.0522. The third kappa shape index (κ3) is 2.53. The highest BCUT2D eigenvalue weighted by atomic mass is 35.5. The van der Waals surface area contributed by atoms with Crippen molar-refractivity contribution in [3.63, 3.8) is 0 Å². The molecule has 1 aliphatic heterocycles. The second kappa shape index (κ2) is 5.48. The predicted octanol–water partition coefficient (Wildman–Crippen LogP) is 3.11. The normalized spacial score (nSPS) is 17.4. The number of amides is 2. The Hall–Kier alpha value is -1.88. The number of carbonyl (C=O) groups is 3. The summed E-state index contributed by atoms with van der Waals surface area (Å²) in [7, 11) is 0. The first-order valence-electron chi connectivity index (χ1n) is 6.76. The summed E-state index contributed by atoms with van der Waals surface area (Å²) < 4.78 is 0. The molecule has 5 nitrogen and oxygen atoms in total. The minimum atomic E-state index is -1.16. The van der Waals surface area contributed by atoms with Gasteiger partial charge in [-0.15, -0.1) is 0 Å². The molecule has 0 aliphatic carbocycles. The zero-order valence-corrected chi connectivity index (χ0v) is 12.6. The van der Waals surface area contributed by atoms with Crippen molar-refractivity contribution in [2.75, 3.05) is 4.90 Å². The Morgan fingerprint density at radius 3 is 2.38 bits per heavy atom. The van der Waals surface area contributed by atoms with E-state index in [1.165, 1.54) is 18.2 Å². The van der Waals surface area contributed by atoms with Crippen LogP contribution in [-0.2, 0) is 9.59 Å². The summed E-state index contributed by atoms with van der Waals surface area (Å²) in [6.07, 6.45) is 1.28. The third-order valence-electron chi connectivity index (χ3n) is 4.14. The molecule has 0 aromatic heterocycles. The molecule has 0 saturated carbocycles. The summed E-state index contributed by atoms with van der Waals surface area (Å²) in [6.45, 7) is 3.75. The quantitative estimate of drug-likeness (QED) is 0.867. The molecule has 1 N–H and O–H groups in total. The molecule has 1 saturated heterocycles. The van der Waals surface area contributed by atoms with Gasteiger partial charge in [0.25, 0.3) is 0 Å². The van der Waals surface area contributed by atoms with Crippen molar-refractivity contribution in [1.29, 1.82) is 0 Å². The molecule has 0 bridgehead atoms. The predicted molar refractivity (Wildman–Crippen MR) is 78.5 cm³/mol. The monoisotopic (exact) mass is 309 g/mol. The largest absolute Gasteiger partial charge is 0.478 e. The van der Waals surface area contributed by atoms with E-state index in [2.05, 4.69) is 0 Å². The van der Waals surface area contributed by atoms with Crippen molar-refractivity contribution in [3.05, 3.63) is 28.8 Å². The van der Waals surface area contributed by atoms with Gasteiger partial charge in [0.2, 0.25) is 11.8 Å². The number of aromatic carboxylic acids is 1. The maximum atomic E-state index is 12.6. The molecule has 2 amide bonds. The molecule has 1 aromatic carbocycles. The fraction of sp³-hybridized carbons (Fsp3) is 0.400. The Morgan fingerprint density at radius 1 is 1.29 bits per heavy atom. The first-order valence-corrected chi connectivity index (χ1v) is 7.13. The Kier molecular flexibility index (Phi) is 4.05. The van der Waals surface area contributed by atoms with E-state index in [0.29, 0.717) is 12.8 Å². The number of anilines is 1. The van der Waals surface area contributed by atoms with Gasteiger partial charge in [-0.25, -0.2) is 9.69 Å². The molecule has 0 spiro atoms.